The van der Waals surface area contributed by atoms with Crippen LogP contribution in [0.1, 0.15) is 16.8 Å². The van der Waals surface area contributed by atoms with Crippen molar-refractivity contribution in [2.24, 2.45) is 0 Å². The molecule has 34 heavy (non-hydrogen) atoms. The Labute approximate surface area is 206 Å². The minimum absolute atomic E-state index is 0.0684. The van der Waals surface area contributed by atoms with Gasteiger partial charge in [0.1, 0.15) is 0 Å². The third kappa shape index (κ3) is 6.10. The van der Waals surface area contributed by atoms with E-state index < -0.39 is 21.8 Å². The number of hydrogen-bond acceptors (Lipinski definition) is 8. The van der Waals surface area contributed by atoms with Gasteiger partial charge in [0.25, 0.3) is 5.91 Å². The summed E-state index contributed by atoms with van der Waals surface area (Å²) in [6, 6.07) is 10.4. The summed E-state index contributed by atoms with van der Waals surface area (Å²) in [5.41, 5.74) is 0.730. The van der Waals surface area contributed by atoms with E-state index in [0.29, 0.717) is 16.6 Å². The smallest absolute Gasteiger partial charge is 0.314 e. The lowest BCUT2D eigenvalue weighted by atomic mass is 10.2. The molecule has 180 valence electrons. The van der Waals surface area contributed by atoms with Gasteiger partial charge in [0.2, 0.25) is 0 Å². The number of nitrogens with zero attached hydrogens (tertiary/aromatic N) is 2. The summed E-state index contributed by atoms with van der Waals surface area (Å²) in [4.78, 5) is 31.3. The third-order valence-corrected chi connectivity index (χ3v) is 8.44. The van der Waals surface area contributed by atoms with Crippen LogP contribution in [0.4, 0.5) is 9.93 Å². The second kappa shape index (κ2) is 10.8. The van der Waals surface area contributed by atoms with E-state index in [9.17, 15) is 18.0 Å². The van der Waals surface area contributed by atoms with Crippen LogP contribution in [0.5, 0.6) is 0 Å². The van der Waals surface area contributed by atoms with Gasteiger partial charge in [-0.2, -0.15) is 0 Å². The number of rotatable bonds is 7. The highest BCUT2D eigenvalue weighted by atomic mass is 35.5. The van der Waals surface area contributed by atoms with Crippen LogP contribution >= 0.6 is 22.9 Å². The number of halogens is 1. The number of imide groups is 1. The highest BCUT2D eigenvalue weighted by molar-refractivity contribution is 7.91. The highest BCUT2D eigenvalue weighted by Crippen LogP contribution is 2.28. The van der Waals surface area contributed by atoms with Crippen LogP contribution in [0, 0.1) is 0 Å². The van der Waals surface area contributed by atoms with Gasteiger partial charge in [-0.25, -0.2) is 18.2 Å². The maximum absolute atomic E-state index is 12.8. The number of carbonyl (C=O) groups is 2. The highest BCUT2D eigenvalue weighted by Gasteiger charge is 2.19. The van der Waals surface area contributed by atoms with Crippen molar-refractivity contribution in [3.8, 4) is 0 Å². The van der Waals surface area contributed by atoms with Crippen molar-refractivity contribution in [3.05, 3.63) is 53.1 Å². The zero-order valence-electron chi connectivity index (χ0n) is 18.2. The number of nitrogens with one attached hydrogen (secondary N) is 3. The Kier molecular flexibility index (Phi) is 7.79. The molecule has 1 aliphatic rings. The van der Waals surface area contributed by atoms with Crippen LogP contribution < -0.4 is 16.0 Å². The molecule has 3 aromatic rings. The van der Waals surface area contributed by atoms with Gasteiger partial charge in [0, 0.05) is 26.2 Å². The lowest BCUT2D eigenvalue weighted by Crippen LogP contribution is -2.44. The lowest BCUT2D eigenvalue weighted by Gasteiger charge is -2.26. The molecule has 3 amide bonds. The largest absolute Gasteiger partial charge is 0.327 e. The molecule has 9 nitrogen and oxygen atoms in total. The van der Waals surface area contributed by atoms with Gasteiger partial charge in [-0.05, 0) is 43.3 Å². The minimum Gasteiger partial charge on any atom is -0.314 e. The Morgan fingerprint density at radius 3 is 2.68 bits per heavy atom. The van der Waals surface area contributed by atoms with E-state index in [0.717, 1.165) is 44.1 Å². The lowest BCUT2D eigenvalue weighted by molar-refractivity contribution is 0.0967. The number of carbonyl (C=O) groups excluding carboxylic acids is 2. The molecule has 0 saturated carbocycles. The molecule has 1 saturated heterocycles. The van der Waals surface area contributed by atoms with Gasteiger partial charge in [0.05, 0.1) is 31.5 Å². The van der Waals surface area contributed by atoms with Gasteiger partial charge < -0.3 is 10.2 Å². The summed E-state index contributed by atoms with van der Waals surface area (Å²) >= 11 is 7.11. The fraction of sp³-hybridized carbons (Fsp3) is 0.318. The first kappa shape index (κ1) is 24.6. The van der Waals surface area contributed by atoms with E-state index in [1.807, 2.05) is 0 Å². The molecule has 1 aliphatic heterocycles. The maximum atomic E-state index is 12.8. The third-order valence-electron chi connectivity index (χ3n) is 5.38. The standard InChI is InChI=1S/C22H24ClN5O4S2/c23-17-5-2-1-4-16(17)20(29)26-21(30)27-22-25-18-7-6-15(14-19(18)33-22)34(31,32)13-3-10-28-11-8-24-9-12-28/h1-2,4-7,14,24H,3,8-13H2,(H2,25,26,27,29,30). The summed E-state index contributed by atoms with van der Waals surface area (Å²) < 4.78 is 26.2. The van der Waals surface area contributed by atoms with E-state index in [4.69, 9.17) is 11.6 Å². The molecule has 1 fully saturated rings. The Morgan fingerprint density at radius 2 is 1.91 bits per heavy atom. The molecule has 2 heterocycles. The zero-order valence-corrected chi connectivity index (χ0v) is 20.6. The Bertz CT molecular complexity index is 1310. The monoisotopic (exact) mass is 521 g/mol. The number of sulfone groups is 1. The van der Waals surface area contributed by atoms with E-state index in [1.165, 1.54) is 12.1 Å². The fourth-order valence-electron chi connectivity index (χ4n) is 3.63. The average Bonchev–Trinajstić information content (AvgIpc) is 3.21. The first-order chi connectivity index (χ1) is 16.3. The predicted octanol–water partition coefficient (Wildman–Crippen LogP) is 2.98. The molecule has 12 heteroatoms. The van der Waals surface area contributed by atoms with Crippen molar-refractivity contribution in [2.75, 3.05) is 43.8 Å². The van der Waals surface area contributed by atoms with E-state index in [1.54, 1.807) is 30.3 Å². The van der Waals surface area contributed by atoms with Crippen LogP contribution in [-0.2, 0) is 9.84 Å². The molecule has 1 aromatic heterocycles. The van der Waals surface area contributed by atoms with Crippen LogP contribution in [0.25, 0.3) is 10.2 Å². The maximum Gasteiger partial charge on any atom is 0.327 e. The predicted molar refractivity (Wildman–Crippen MR) is 134 cm³/mol. The molecule has 4 rings (SSSR count). The molecular formula is C22H24ClN5O4S2. The number of hydrogen-bond donors (Lipinski definition) is 3. The molecule has 0 aliphatic carbocycles. The molecule has 0 spiro atoms. The normalized spacial score (nSPS) is 14.7. The SMILES string of the molecule is O=C(NC(=O)c1ccccc1Cl)Nc1nc2ccc(S(=O)(=O)CCCN3CCNCC3)cc2s1. The molecule has 0 bridgehead atoms. The second-order valence-corrected chi connectivity index (χ2v) is 11.3. The number of thiazole rings is 1. The van der Waals surface area contributed by atoms with Crippen LogP contribution in [-0.4, -0.2) is 68.7 Å². The molecule has 3 N–H and O–H groups in total. The zero-order chi connectivity index (χ0) is 24.1. The van der Waals surface area contributed by atoms with E-state index >= 15 is 0 Å². The first-order valence-electron chi connectivity index (χ1n) is 10.7. The minimum atomic E-state index is -3.44. The van der Waals surface area contributed by atoms with Crippen LogP contribution in [0.2, 0.25) is 5.02 Å². The Hall–Kier alpha value is -2.57. The van der Waals surface area contributed by atoms with Crippen molar-refractivity contribution in [1.82, 2.24) is 20.5 Å². The van der Waals surface area contributed by atoms with Gasteiger partial charge in [-0.1, -0.05) is 35.1 Å². The molecule has 0 unspecified atom stereocenters. The molecule has 2 aromatic carbocycles. The molecular weight excluding hydrogens is 498 g/mol. The van der Waals surface area contributed by atoms with Gasteiger partial charge in [0.15, 0.2) is 15.0 Å². The summed E-state index contributed by atoms with van der Waals surface area (Å²) in [5, 5.41) is 8.47. The summed E-state index contributed by atoms with van der Waals surface area (Å²) in [6.45, 7) is 4.47. The van der Waals surface area contributed by atoms with Gasteiger partial charge in [-0.15, -0.1) is 0 Å². The topological polar surface area (TPSA) is 120 Å². The molecule has 0 atom stereocenters. The van der Waals surface area contributed by atoms with Crippen molar-refractivity contribution < 1.29 is 18.0 Å². The summed E-state index contributed by atoms with van der Waals surface area (Å²) in [6.07, 6.45) is 0.565. The number of amides is 3. The number of benzene rings is 2. The average molecular weight is 522 g/mol. The van der Waals surface area contributed by atoms with Crippen molar-refractivity contribution in [3.63, 3.8) is 0 Å². The number of piperazine rings is 1. The number of urea groups is 1. The van der Waals surface area contributed by atoms with Crippen molar-refractivity contribution in [1.29, 1.82) is 0 Å². The Balaban J connectivity index is 1.37. The van der Waals surface area contributed by atoms with Crippen molar-refractivity contribution in [2.45, 2.75) is 11.3 Å². The second-order valence-electron chi connectivity index (χ2n) is 7.80. The first-order valence-corrected chi connectivity index (χ1v) is 13.6. The van der Waals surface area contributed by atoms with Crippen LogP contribution in [0.15, 0.2) is 47.4 Å². The van der Waals surface area contributed by atoms with E-state index in [-0.39, 0.29) is 26.4 Å². The van der Waals surface area contributed by atoms with E-state index in [2.05, 4.69) is 25.8 Å². The van der Waals surface area contributed by atoms with Gasteiger partial charge >= 0.3 is 6.03 Å². The number of anilines is 1. The van der Waals surface area contributed by atoms with Crippen LogP contribution in [0.3, 0.4) is 0 Å². The van der Waals surface area contributed by atoms with Crippen molar-refractivity contribution >= 4 is 60.1 Å². The molecule has 0 radical (unpaired) electrons. The Morgan fingerprint density at radius 1 is 1.15 bits per heavy atom. The quantitative estimate of drug-likeness (QED) is 0.437. The van der Waals surface area contributed by atoms with Gasteiger partial charge in [-0.3, -0.25) is 15.4 Å². The number of aromatic nitrogens is 1. The summed E-state index contributed by atoms with van der Waals surface area (Å²) in [5.74, 6) is -0.572. The summed E-state index contributed by atoms with van der Waals surface area (Å²) in [7, 11) is -3.44. The number of fused-ring (bicyclic) bond motifs is 1. The fourth-order valence-corrected chi connectivity index (χ4v) is 6.14.